The first kappa shape index (κ1) is 18.9. The summed E-state index contributed by atoms with van der Waals surface area (Å²) in [6.07, 6.45) is 2.47. The minimum Gasteiger partial charge on any atom is -0.481 e. The number of pyridine rings is 1. The Morgan fingerprint density at radius 1 is 1.37 bits per heavy atom. The summed E-state index contributed by atoms with van der Waals surface area (Å²) in [6.45, 7) is 4.58. The van der Waals surface area contributed by atoms with Gasteiger partial charge in [-0.2, -0.15) is 10.2 Å². The molecule has 27 heavy (non-hydrogen) atoms. The van der Waals surface area contributed by atoms with E-state index in [0.717, 1.165) is 5.69 Å². The largest absolute Gasteiger partial charge is 0.481 e. The summed E-state index contributed by atoms with van der Waals surface area (Å²) in [4.78, 5) is 13.0. The average Bonchev–Trinajstić information content (AvgIpc) is 2.68. The molecule has 1 unspecified atom stereocenters. The normalized spacial score (nSPS) is 20.3. The fourth-order valence-corrected chi connectivity index (χ4v) is 2.98. The minimum atomic E-state index is -0.352. The molecule has 142 valence electrons. The molecule has 2 aromatic heterocycles. The van der Waals surface area contributed by atoms with E-state index in [2.05, 4.69) is 31.7 Å². The van der Waals surface area contributed by atoms with E-state index in [1.54, 1.807) is 13.2 Å². The molecule has 1 saturated carbocycles. The quantitative estimate of drug-likeness (QED) is 0.679. The number of nitrogens with zero attached hydrogens (tertiary/aromatic N) is 4. The van der Waals surface area contributed by atoms with Gasteiger partial charge in [0.25, 0.3) is 0 Å². The number of nitrogens with one attached hydrogen (secondary N) is 2. The van der Waals surface area contributed by atoms with Crippen LogP contribution in [0.15, 0.2) is 24.4 Å². The first-order chi connectivity index (χ1) is 12.9. The van der Waals surface area contributed by atoms with Gasteiger partial charge in [0.1, 0.15) is 17.5 Å². The van der Waals surface area contributed by atoms with Crippen LogP contribution >= 0.6 is 0 Å². The Hall–Kier alpha value is -2.92. The SMILES string of the molecule is COc1cccc(CCNc2ncc(C#N)c(NC3C[C@H](O)C3(C)C)n2)n1. The van der Waals surface area contributed by atoms with Crippen molar-refractivity contribution in [1.82, 2.24) is 15.0 Å². The fraction of sp³-hybridized carbons (Fsp3) is 0.474. The Labute approximate surface area is 158 Å². The van der Waals surface area contributed by atoms with Crippen molar-refractivity contribution in [1.29, 1.82) is 5.26 Å². The lowest BCUT2D eigenvalue weighted by molar-refractivity contribution is -0.0511. The third-order valence-corrected chi connectivity index (χ3v) is 5.09. The van der Waals surface area contributed by atoms with Gasteiger partial charge in [-0.05, 0) is 12.5 Å². The third-order valence-electron chi connectivity index (χ3n) is 5.09. The van der Waals surface area contributed by atoms with E-state index in [4.69, 9.17) is 4.74 Å². The number of aliphatic hydroxyl groups excluding tert-OH is 1. The van der Waals surface area contributed by atoms with Crippen molar-refractivity contribution in [2.45, 2.75) is 38.8 Å². The van der Waals surface area contributed by atoms with Gasteiger partial charge >= 0.3 is 0 Å². The molecule has 0 amide bonds. The molecule has 0 spiro atoms. The van der Waals surface area contributed by atoms with Gasteiger partial charge in [-0.15, -0.1) is 0 Å². The van der Waals surface area contributed by atoms with Crippen molar-refractivity contribution < 1.29 is 9.84 Å². The maximum Gasteiger partial charge on any atom is 0.224 e. The second kappa shape index (κ2) is 7.76. The molecule has 1 fully saturated rings. The number of rotatable bonds is 7. The highest BCUT2D eigenvalue weighted by molar-refractivity contribution is 5.54. The summed E-state index contributed by atoms with van der Waals surface area (Å²) in [6, 6.07) is 7.80. The number of anilines is 2. The topological polar surface area (TPSA) is 116 Å². The van der Waals surface area contributed by atoms with Crippen LogP contribution in [0.1, 0.15) is 31.5 Å². The molecule has 8 heteroatoms. The number of aliphatic hydroxyl groups is 1. The van der Waals surface area contributed by atoms with Crippen molar-refractivity contribution in [3.05, 3.63) is 35.7 Å². The van der Waals surface area contributed by atoms with E-state index in [1.165, 1.54) is 6.20 Å². The molecule has 0 aliphatic heterocycles. The summed E-state index contributed by atoms with van der Waals surface area (Å²) >= 11 is 0. The second-order valence-corrected chi connectivity index (χ2v) is 7.19. The van der Waals surface area contributed by atoms with Crippen LogP contribution in [0.4, 0.5) is 11.8 Å². The van der Waals surface area contributed by atoms with E-state index in [-0.39, 0.29) is 17.6 Å². The van der Waals surface area contributed by atoms with Crippen molar-refractivity contribution in [3.63, 3.8) is 0 Å². The van der Waals surface area contributed by atoms with Crippen molar-refractivity contribution in [2.24, 2.45) is 5.41 Å². The van der Waals surface area contributed by atoms with Crippen molar-refractivity contribution in [2.75, 3.05) is 24.3 Å². The molecule has 2 aromatic rings. The second-order valence-electron chi connectivity index (χ2n) is 7.19. The Bertz CT molecular complexity index is 848. The van der Waals surface area contributed by atoms with Crippen LogP contribution in [0.5, 0.6) is 5.88 Å². The van der Waals surface area contributed by atoms with Gasteiger partial charge in [0, 0.05) is 36.2 Å². The molecule has 2 heterocycles. The number of methoxy groups -OCH3 is 1. The van der Waals surface area contributed by atoms with Crippen molar-refractivity contribution >= 4 is 11.8 Å². The smallest absolute Gasteiger partial charge is 0.224 e. The zero-order chi connectivity index (χ0) is 19.4. The van der Waals surface area contributed by atoms with Crippen LogP contribution < -0.4 is 15.4 Å². The molecule has 0 aromatic carbocycles. The van der Waals surface area contributed by atoms with Crippen LogP contribution in [0.25, 0.3) is 0 Å². The summed E-state index contributed by atoms with van der Waals surface area (Å²) in [5.41, 5.74) is 1.02. The molecule has 8 nitrogen and oxygen atoms in total. The number of aromatic nitrogens is 3. The number of hydrogen-bond acceptors (Lipinski definition) is 8. The third kappa shape index (κ3) is 4.09. The van der Waals surface area contributed by atoms with E-state index in [0.29, 0.717) is 42.6 Å². The predicted octanol–water partition coefficient (Wildman–Crippen LogP) is 1.98. The average molecular weight is 368 g/mol. The van der Waals surface area contributed by atoms with Gasteiger partial charge in [-0.25, -0.2) is 9.97 Å². The summed E-state index contributed by atoms with van der Waals surface area (Å²) in [5, 5.41) is 25.7. The molecular weight excluding hydrogens is 344 g/mol. The Kier molecular flexibility index (Phi) is 5.42. The lowest BCUT2D eigenvalue weighted by Gasteiger charge is -2.49. The first-order valence-corrected chi connectivity index (χ1v) is 8.89. The Morgan fingerprint density at radius 3 is 2.85 bits per heavy atom. The number of hydrogen-bond donors (Lipinski definition) is 3. The van der Waals surface area contributed by atoms with Gasteiger partial charge in [0.05, 0.1) is 19.4 Å². The zero-order valence-electron chi connectivity index (χ0n) is 15.7. The van der Waals surface area contributed by atoms with Crippen LogP contribution in [0.2, 0.25) is 0 Å². The lowest BCUT2D eigenvalue weighted by Crippen LogP contribution is -2.57. The molecule has 0 saturated heterocycles. The molecule has 1 aliphatic rings. The fourth-order valence-electron chi connectivity index (χ4n) is 2.98. The van der Waals surface area contributed by atoms with E-state index < -0.39 is 0 Å². The molecule has 0 radical (unpaired) electrons. The molecule has 3 N–H and O–H groups in total. The maximum absolute atomic E-state index is 9.90. The standard InChI is InChI=1S/C19H24N6O2/c1-19(2)14(9-15(19)26)24-17-12(10-20)11-22-18(25-17)21-8-7-13-5-4-6-16(23-13)27-3/h4-6,11,14-15,26H,7-9H2,1-3H3,(H2,21,22,24,25)/t14?,15-/m0/s1. The summed E-state index contributed by atoms with van der Waals surface area (Å²) in [5.74, 6) is 1.51. The van der Waals surface area contributed by atoms with Gasteiger partial charge in [0.2, 0.25) is 11.8 Å². The molecule has 1 aliphatic carbocycles. The lowest BCUT2D eigenvalue weighted by atomic mass is 9.64. The molecule has 2 atom stereocenters. The van der Waals surface area contributed by atoms with Gasteiger partial charge in [0.15, 0.2) is 0 Å². The monoisotopic (exact) mass is 368 g/mol. The number of nitriles is 1. The van der Waals surface area contributed by atoms with Crippen molar-refractivity contribution in [3.8, 4) is 11.9 Å². The maximum atomic E-state index is 9.90. The highest BCUT2D eigenvalue weighted by Crippen LogP contribution is 2.42. The van der Waals surface area contributed by atoms with Crippen LogP contribution in [-0.2, 0) is 6.42 Å². The minimum absolute atomic E-state index is 0.0586. The summed E-state index contributed by atoms with van der Waals surface area (Å²) in [7, 11) is 1.59. The zero-order valence-corrected chi connectivity index (χ0v) is 15.7. The van der Waals surface area contributed by atoms with E-state index in [1.807, 2.05) is 26.0 Å². The van der Waals surface area contributed by atoms with E-state index >= 15 is 0 Å². The highest BCUT2D eigenvalue weighted by Gasteiger charge is 2.47. The first-order valence-electron chi connectivity index (χ1n) is 8.89. The Balaban J connectivity index is 1.63. The van der Waals surface area contributed by atoms with Gasteiger partial charge in [-0.3, -0.25) is 0 Å². The van der Waals surface area contributed by atoms with E-state index in [9.17, 15) is 10.4 Å². The highest BCUT2D eigenvalue weighted by atomic mass is 16.5. The van der Waals surface area contributed by atoms with Crippen LogP contribution in [-0.4, -0.2) is 45.9 Å². The molecular formula is C19H24N6O2. The summed E-state index contributed by atoms with van der Waals surface area (Å²) < 4.78 is 5.13. The van der Waals surface area contributed by atoms with Crippen LogP contribution in [0.3, 0.4) is 0 Å². The van der Waals surface area contributed by atoms with Gasteiger partial charge in [-0.1, -0.05) is 19.9 Å². The predicted molar refractivity (Wildman–Crippen MR) is 102 cm³/mol. The van der Waals surface area contributed by atoms with Gasteiger partial charge < -0.3 is 20.5 Å². The Morgan fingerprint density at radius 2 is 2.19 bits per heavy atom. The molecule has 3 rings (SSSR count). The van der Waals surface area contributed by atoms with Crippen LogP contribution in [0, 0.1) is 16.7 Å². The number of ether oxygens (including phenoxy) is 1. The molecule has 0 bridgehead atoms.